The predicted molar refractivity (Wildman–Crippen MR) is 110 cm³/mol. The van der Waals surface area contributed by atoms with E-state index in [1.807, 2.05) is 19.1 Å². The van der Waals surface area contributed by atoms with E-state index in [0.29, 0.717) is 10.6 Å². The van der Waals surface area contributed by atoms with Crippen molar-refractivity contribution in [3.05, 3.63) is 101 Å². The largest absolute Gasteiger partial charge is 0.379 e. The SMILES string of the molecule is Cc1ccc(C(=O)C=Cc2ccc(OS(=O)(=O)c3ccc(Cl)cc3)cc2)cc1. The van der Waals surface area contributed by atoms with Crippen LogP contribution in [0.25, 0.3) is 6.08 Å². The highest BCUT2D eigenvalue weighted by Gasteiger charge is 2.16. The van der Waals surface area contributed by atoms with Crippen LogP contribution in [0.2, 0.25) is 5.02 Å². The summed E-state index contributed by atoms with van der Waals surface area (Å²) in [5, 5.41) is 0.440. The van der Waals surface area contributed by atoms with Gasteiger partial charge < -0.3 is 4.18 Å². The Morgan fingerprint density at radius 2 is 1.50 bits per heavy atom. The molecule has 3 rings (SSSR count). The second-order valence-corrected chi connectivity index (χ2v) is 8.11. The minimum Gasteiger partial charge on any atom is -0.379 e. The zero-order valence-corrected chi connectivity index (χ0v) is 16.6. The number of benzene rings is 3. The van der Waals surface area contributed by atoms with Crippen molar-refractivity contribution in [1.29, 1.82) is 0 Å². The van der Waals surface area contributed by atoms with Crippen LogP contribution in [-0.4, -0.2) is 14.2 Å². The third kappa shape index (κ3) is 5.09. The first kappa shape index (κ1) is 19.9. The fourth-order valence-electron chi connectivity index (χ4n) is 2.40. The van der Waals surface area contributed by atoms with Crippen molar-refractivity contribution in [2.45, 2.75) is 11.8 Å². The molecule has 6 heteroatoms. The molecule has 0 unspecified atom stereocenters. The Labute approximate surface area is 169 Å². The van der Waals surface area contributed by atoms with Gasteiger partial charge in [-0.25, -0.2) is 0 Å². The van der Waals surface area contributed by atoms with Crippen LogP contribution >= 0.6 is 11.6 Å². The fraction of sp³-hybridized carbons (Fsp3) is 0.0455. The number of ketones is 1. The summed E-state index contributed by atoms with van der Waals surface area (Å²) in [6.07, 6.45) is 3.14. The molecule has 0 spiro atoms. The first-order valence-electron chi connectivity index (χ1n) is 8.43. The van der Waals surface area contributed by atoms with Crippen LogP contribution in [0.4, 0.5) is 0 Å². The van der Waals surface area contributed by atoms with Crippen LogP contribution in [0.5, 0.6) is 5.75 Å². The zero-order chi connectivity index (χ0) is 20.1. The van der Waals surface area contributed by atoms with E-state index >= 15 is 0 Å². The molecule has 0 fully saturated rings. The molecule has 4 nitrogen and oxygen atoms in total. The van der Waals surface area contributed by atoms with Gasteiger partial charge in [0.1, 0.15) is 10.6 Å². The van der Waals surface area contributed by atoms with Gasteiger partial charge in [-0.1, -0.05) is 59.6 Å². The van der Waals surface area contributed by atoms with E-state index in [1.54, 1.807) is 30.3 Å². The minimum atomic E-state index is -3.94. The van der Waals surface area contributed by atoms with Crippen LogP contribution in [0.1, 0.15) is 21.5 Å². The molecule has 0 N–H and O–H groups in total. The van der Waals surface area contributed by atoms with Crippen molar-refractivity contribution < 1.29 is 17.4 Å². The number of halogens is 1. The highest BCUT2D eigenvalue weighted by Crippen LogP contribution is 2.21. The summed E-state index contributed by atoms with van der Waals surface area (Å²) in [6, 6.07) is 19.5. The van der Waals surface area contributed by atoms with Crippen molar-refractivity contribution in [3.63, 3.8) is 0 Å². The maximum absolute atomic E-state index is 12.3. The molecule has 0 aromatic heterocycles. The van der Waals surface area contributed by atoms with Gasteiger partial charge in [-0.05, 0) is 55.0 Å². The molecular formula is C22H17ClO4S. The molecule has 0 amide bonds. The Balaban J connectivity index is 1.68. The van der Waals surface area contributed by atoms with Crippen molar-refractivity contribution in [2.75, 3.05) is 0 Å². The predicted octanol–water partition coefficient (Wildman–Crippen LogP) is 5.31. The Hall–Kier alpha value is -2.89. The van der Waals surface area contributed by atoms with Crippen LogP contribution in [-0.2, 0) is 10.1 Å². The maximum atomic E-state index is 12.3. The van der Waals surface area contributed by atoms with E-state index in [1.165, 1.54) is 42.5 Å². The number of carbonyl (C=O) groups is 1. The van der Waals surface area contributed by atoms with Gasteiger partial charge >= 0.3 is 10.1 Å². The fourth-order valence-corrected chi connectivity index (χ4v) is 3.45. The Morgan fingerprint density at radius 3 is 2.11 bits per heavy atom. The molecule has 0 saturated heterocycles. The second-order valence-electron chi connectivity index (χ2n) is 6.12. The van der Waals surface area contributed by atoms with Gasteiger partial charge in [-0.2, -0.15) is 8.42 Å². The van der Waals surface area contributed by atoms with E-state index < -0.39 is 10.1 Å². The smallest absolute Gasteiger partial charge is 0.339 e. The van der Waals surface area contributed by atoms with E-state index in [9.17, 15) is 13.2 Å². The molecule has 0 saturated carbocycles. The van der Waals surface area contributed by atoms with Crippen molar-refractivity contribution in [3.8, 4) is 5.75 Å². The molecule has 0 aliphatic carbocycles. The van der Waals surface area contributed by atoms with Crippen LogP contribution in [0.3, 0.4) is 0 Å². The first-order valence-corrected chi connectivity index (χ1v) is 10.2. The van der Waals surface area contributed by atoms with Crippen molar-refractivity contribution >= 4 is 33.6 Å². The van der Waals surface area contributed by atoms with E-state index in [2.05, 4.69) is 0 Å². The third-order valence-corrected chi connectivity index (χ3v) is 5.46. The lowest BCUT2D eigenvalue weighted by atomic mass is 10.1. The Bertz CT molecular complexity index is 1100. The van der Waals surface area contributed by atoms with Gasteiger partial charge in [0.2, 0.25) is 0 Å². The number of rotatable bonds is 6. The van der Waals surface area contributed by atoms with Gasteiger partial charge in [0.25, 0.3) is 0 Å². The Morgan fingerprint density at radius 1 is 0.893 bits per heavy atom. The summed E-state index contributed by atoms with van der Waals surface area (Å²) in [6.45, 7) is 1.96. The lowest BCUT2D eigenvalue weighted by molar-refractivity contribution is 0.104. The maximum Gasteiger partial charge on any atom is 0.339 e. The normalized spacial score (nSPS) is 11.5. The second kappa shape index (κ2) is 8.42. The number of allylic oxidation sites excluding steroid dienone is 1. The monoisotopic (exact) mass is 412 g/mol. The van der Waals surface area contributed by atoms with Gasteiger partial charge in [-0.15, -0.1) is 0 Å². The Kier molecular flexibility index (Phi) is 5.97. The lowest BCUT2D eigenvalue weighted by Crippen LogP contribution is -2.09. The highest BCUT2D eigenvalue weighted by atomic mass is 35.5. The quantitative estimate of drug-likeness (QED) is 0.312. The van der Waals surface area contributed by atoms with Crippen LogP contribution in [0.15, 0.2) is 83.8 Å². The standard InChI is InChI=1S/C22H17ClO4S/c1-16-2-7-18(8-3-16)22(24)15-6-17-4-11-20(12-5-17)27-28(25,26)21-13-9-19(23)10-14-21/h2-15H,1H3. The number of carbonyl (C=O) groups excluding carboxylic acids is 1. The molecule has 0 aliphatic heterocycles. The number of hydrogen-bond donors (Lipinski definition) is 0. The molecule has 3 aromatic carbocycles. The summed E-state index contributed by atoms with van der Waals surface area (Å²) in [4.78, 5) is 12.2. The summed E-state index contributed by atoms with van der Waals surface area (Å²) < 4.78 is 29.7. The number of aryl methyl sites for hydroxylation is 1. The average molecular weight is 413 g/mol. The molecular weight excluding hydrogens is 396 g/mol. The molecule has 0 bridgehead atoms. The molecule has 3 aromatic rings. The van der Waals surface area contributed by atoms with E-state index in [-0.39, 0.29) is 16.4 Å². The molecule has 0 atom stereocenters. The molecule has 142 valence electrons. The van der Waals surface area contributed by atoms with Gasteiger partial charge in [-0.3, -0.25) is 4.79 Å². The molecule has 0 heterocycles. The van der Waals surface area contributed by atoms with Crippen LogP contribution < -0.4 is 4.18 Å². The summed E-state index contributed by atoms with van der Waals surface area (Å²) >= 11 is 5.77. The average Bonchev–Trinajstić information content (AvgIpc) is 2.68. The summed E-state index contributed by atoms with van der Waals surface area (Å²) in [7, 11) is -3.94. The molecule has 0 aliphatic rings. The molecule has 28 heavy (non-hydrogen) atoms. The van der Waals surface area contributed by atoms with Crippen molar-refractivity contribution in [1.82, 2.24) is 0 Å². The van der Waals surface area contributed by atoms with E-state index in [4.69, 9.17) is 15.8 Å². The third-order valence-electron chi connectivity index (χ3n) is 3.95. The first-order chi connectivity index (χ1) is 13.3. The summed E-state index contributed by atoms with van der Waals surface area (Å²) in [5.74, 6) is 0.0719. The van der Waals surface area contributed by atoms with Crippen LogP contribution in [0, 0.1) is 6.92 Å². The molecule has 0 radical (unpaired) electrons. The number of hydrogen-bond acceptors (Lipinski definition) is 4. The van der Waals surface area contributed by atoms with E-state index in [0.717, 1.165) is 11.1 Å². The van der Waals surface area contributed by atoms with Gasteiger partial charge in [0.15, 0.2) is 5.78 Å². The summed E-state index contributed by atoms with van der Waals surface area (Å²) in [5.41, 5.74) is 2.44. The van der Waals surface area contributed by atoms with Crippen molar-refractivity contribution in [2.24, 2.45) is 0 Å². The topological polar surface area (TPSA) is 60.4 Å². The minimum absolute atomic E-state index is 0.0181. The zero-order valence-electron chi connectivity index (χ0n) is 15.0. The van der Waals surface area contributed by atoms with Gasteiger partial charge in [0.05, 0.1) is 0 Å². The highest BCUT2D eigenvalue weighted by molar-refractivity contribution is 7.87. The van der Waals surface area contributed by atoms with Gasteiger partial charge in [0, 0.05) is 10.6 Å². The lowest BCUT2D eigenvalue weighted by Gasteiger charge is -2.07.